The average Bonchev–Trinajstić information content (AvgIpc) is 2.19. The molecule has 14 heavy (non-hydrogen) atoms. The number of nitrogens with one attached hydrogen (secondary N) is 1. The van der Waals surface area contributed by atoms with Gasteiger partial charge in [0, 0.05) is 6.54 Å². The van der Waals surface area contributed by atoms with Crippen molar-refractivity contribution in [2.45, 2.75) is 30.5 Å². The topological polar surface area (TPSA) is 102 Å². The third kappa shape index (κ3) is 2.22. The van der Waals surface area contributed by atoms with Crippen LogP contribution in [0.5, 0.6) is 0 Å². The maximum absolute atomic E-state index is 9.50. The average molecular weight is 207 g/mol. The molecule has 5 unspecified atom stereocenters. The summed E-state index contributed by atoms with van der Waals surface area (Å²) in [7, 11) is 1.68. The number of aliphatic hydroxyl groups excluding tert-OH is 4. The second-order valence-corrected chi connectivity index (χ2v) is 3.43. The molecule has 1 heterocycles. The molecule has 0 saturated carbocycles. The SMILES string of the molecule is CNCC1OC(CO)C(O)C(O)C1O. The van der Waals surface area contributed by atoms with Crippen LogP contribution in [0.2, 0.25) is 0 Å². The maximum Gasteiger partial charge on any atom is 0.111 e. The monoisotopic (exact) mass is 207 g/mol. The molecule has 0 spiro atoms. The lowest BCUT2D eigenvalue weighted by Gasteiger charge is -2.40. The molecule has 1 aliphatic rings. The fraction of sp³-hybridized carbons (Fsp3) is 1.00. The molecule has 5 atom stereocenters. The fourth-order valence-corrected chi connectivity index (χ4v) is 1.55. The van der Waals surface area contributed by atoms with Crippen LogP contribution in [0.15, 0.2) is 0 Å². The molecule has 0 radical (unpaired) electrons. The Morgan fingerprint density at radius 3 is 2.14 bits per heavy atom. The lowest BCUT2D eigenvalue weighted by atomic mass is 9.95. The van der Waals surface area contributed by atoms with Gasteiger partial charge in [-0.3, -0.25) is 0 Å². The highest BCUT2D eigenvalue weighted by atomic mass is 16.5. The van der Waals surface area contributed by atoms with Crippen molar-refractivity contribution in [2.75, 3.05) is 20.2 Å². The summed E-state index contributed by atoms with van der Waals surface area (Å²) in [5, 5.41) is 39.9. The summed E-state index contributed by atoms with van der Waals surface area (Å²) >= 11 is 0. The van der Waals surface area contributed by atoms with Gasteiger partial charge in [-0.1, -0.05) is 0 Å². The molecule has 0 amide bonds. The number of rotatable bonds is 3. The minimum atomic E-state index is -1.28. The molecule has 1 rings (SSSR count). The first-order chi connectivity index (χ1) is 6.61. The van der Waals surface area contributed by atoms with Crippen molar-refractivity contribution >= 4 is 0 Å². The summed E-state index contributed by atoms with van der Waals surface area (Å²) in [5.74, 6) is 0. The Bertz CT molecular complexity index is 175. The quantitative estimate of drug-likeness (QED) is 0.339. The van der Waals surface area contributed by atoms with E-state index >= 15 is 0 Å². The highest BCUT2D eigenvalue weighted by Crippen LogP contribution is 2.20. The van der Waals surface area contributed by atoms with Crippen molar-refractivity contribution in [3.63, 3.8) is 0 Å². The molecule has 84 valence electrons. The molecule has 0 bridgehead atoms. The molecule has 5 N–H and O–H groups in total. The van der Waals surface area contributed by atoms with Crippen LogP contribution in [0.25, 0.3) is 0 Å². The van der Waals surface area contributed by atoms with Crippen LogP contribution in [-0.2, 0) is 4.74 Å². The molecule has 0 aromatic carbocycles. The van der Waals surface area contributed by atoms with E-state index in [9.17, 15) is 15.3 Å². The molecule has 1 fully saturated rings. The summed E-state index contributed by atoms with van der Waals surface area (Å²) in [4.78, 5) is 0. The zero-order valence-electron chi connectivity index (χ0n) is 8.00. The second-order valence-electron chi connectivity index (χ2n) is 3.43. The van der Waals surface area contributed by atoms with E-state index < -0.39 is 30.5 Å². The van der Waals surface area contributed by atoms with Gasteiger partial charge in [-0.05, 0) is 7.05 Å². The van der Waals surface area contributed by atoms with E-state index in [4.69, 9.17) is 9.84 Å². The largest absolute Gasteiger partial charge is 0.394 e. The normalized spacial score (nSPS) is 43.9. The van der Waals surface area contributed by atoms with Gasteiger partial charge in [0.15, 0.2) is 0 Å². The van der Waals surface area contributed by atoms with Crippen molar-refractivity contribution in [2.24, 2.45) is 0 Å². The van der Waals surface area contributed by atoms with Gasteiger partial charge in [0.25, 0.3) is 0 Å². The molecule has 0 aliphatic carbocycles. The van der Waals surface area contributed by atoms with Gasteiger partial charge in [0.05, 0.1) is 12.7 Å². The van der Waals surface area contributed by atoms with Crippen LogP contribution in [0, 0.1) is 0 Å². The van der Waals surface area contributed by atoms with Gasteiger partial charge in [0.1, 0.15) is 24.4 Å². The van der Waals surface area contributed by atoms with Crippen LogP contribution < -0.4 is 5.32 Å². The van der Waals surface area contributed by atoms with Crippen LogP contribution in [0.4, 0.5) is 0 Å². The zero-order chi connectivity index (χ0) is 10.7. The zero-order valence-corrected chi connectivity index (χ0v) is 8.00. The number of hydrogen-bond donors (Lipinski definition) is 5. The Labute approximate surface area is 82.1 Å². The minimum Gasteiger partial charge on any atom is -0.394 e. The van der Waals surface area contributed by atoms with Crippen LogP contribution in [0.1, 0.15) is 0 Å². The Hall–Kier alpha value is -0.240. The van der Waals surface area contributed by atoms with E-state index in [-0.39, 0.29) is 6.61 Å². The van der Waals surface area contributed by atoms with Crippen molar-refractivity contribution in [3.05, 3.63) is 0 Å². The first-order valence-electron chi connectivity index (χ1n) is 4.57. The number of likely N-dealkylation sites (N-methyl/N-ethyl adjacent to an activating group) is 1. The number of hydrogen-bond acceptors (Lipinski definition) is 6. The summed E-state index contributed by atoms with van der Waals surface area (Å²) in [6.45, 7) is -0.0351. The highest BCUT2D eigenvalue weighted by molar-refractivity contribution is 4.92. The van der Waals surface area contributed by atoms with E-state index in [0.717, 1.165) is 0 Å². The number of ether oxygens (including phenoxy) is 1. The first kappa shape index (κ1) is 11.8. The maximum atomic E-state index is 9.50. The Kier molecular flexibility index (Phi) is 4.24. The predicted molar refractivity (Wildman–Crippen MR) is 47.7 cm³/mol. The van der Waals surface area contributed by atoms with Crippen molar-refractivity contribution in [3.8, 4) is 0 Å². The van der Waals surface area contributed by atoms with E-state index in [1.165, 1.54) is 0 Å². The number of aliphatic hydroxyl groups is 4. The van der Waals surface area contributed by atoms with Gasteiger partial charge >= 0.3 is 0 Å². The predicted octanol–water partition coefficient (Wildman–Crippen LogP) is -2.95. The molecule has 0 aromatic rings. The van der Waals surface area contributed by atoms with Crippen molar-refractivity contribution in [1.82, 2.24) is 5.32 Å². The third-order valence-corrected chi connectivity index (χ3v) is 2.40. The Balaban J connectivity index is 2.63. The van der Waals surface area contributed by atoms with E-state index in [1.807, 2.05) is 0 Å². The van der Waals surface area contributed by atoms with E-state index in [2.05, 4.69) is 5.32 Å². The van der Waals surface area contributed by atoms with Gasteiger partial charge in [-0.2, -0.15) is 0 Å². The standard InChI is InChI=1S/C8H17NO5/c1-9-2-4-6(11)8(13)7(12)5(3-10)14-4/h4-13H,2-3H2,1H3. The van der Waals surface area contributed by atoms with Crippen LogP contribution in [-0.4, -0.2) is 71.1 Å². The minimum absolute atomic E-state index is 0.349. The molecular weight excluding hydrogens is 190 g/mol. The smallest absolute Gasteiger partial charge is 0.111 e. The first-order valence-corrected chi connectivity index (χ1v) is 4.57. The van der Waals surface area contributed by atoms with Gasteiger partial charge in [-0.15, -0.1) is 0 Å². The van der Waals surface area contributed by atoms with Crippen molar-refractivity contribution < 1.29 is 25.2 Å². The van der Waals surface area contributed by atoms with Gasteiger partial charge in [-0.25, -0.2) is 0 Å². The lowest BCUT2D eigenvalue weighted by Crippen LogP contribution is -2.60. The fourth-order valence-electron chi connectivity index (χ4n) is 1.55. The molecule has 1 saturated heterocycles. The third-order valence-electron chi connectivity index (χ3n) is 2.40. The summed E-state index contributed by atoms with van der Waals surface area (Å²) in [6, 6.07) is 0. The molecule has 6 nitrogen and oxygen atoms in total. The summed E-state index contributed by atoms with van der Waals surface area (Å²) in [6.07, 6.45) is -5.12. The second kappa shape index (κ2) is 5.01. The van der Waals surface area contributed by atoms with Gasteiger partial charge < -0.3 is 30.5 Å². The summed E-state index contributed by atoms with van der Waals surface area (Å²) < 4.78 is 5.20. The van der Waals surface area contributed by atoms with Crippen LogP contribution in [0.3, 0.4) is 0 Å². The Morgan fingerprint density at radius 1 is 1.07 bits per heavy atom. The molecule has 6 heteroatoms. The highest BCUT2D eigenvalue weighted by Gasteiger charge is 2.42. The lowest BCUT2D eigenvalue weighted by molar-refractivity contribution is -0.227. The van der Waals surface area contributed by atoms with Gasteiger partial charge in [0.2, 0.25) is 0 Å². The molecule has 0 aromatic heterocycles. The van der Waals surface area contributed by atoms with Crippen molar-refractivity contribution in [1.29, 1.82) is 0 Å². The molecule has 1 aliphatic heterocycles. The van der Waals surface area contributed by atoms with E-state index in [0.29, 0.717) is 6.54 Å². The van der Waals surface area contributed by atoms with Crippen LogP contribution >= 0.6 is 0 Å². The van der Waals surface area contributed by atoms with E-state index in [1.54, 1.807) is 7.05 Å². The Morgan fingerprint density at radius 2 is 1.64 bits per heavy atom. The molecular formula is C8H17NO5. The summed E-state index contributed by atoms with van der Waals surface area (Å²) in [5.41, 5.74) is 0.